The lowest BCUT2D eigenvalue weighted by Gasteiger charge is -2.18. The molecule has 33 heavy (non-hydrogen) atoms. The van der Waals surface area contributed by atoms with Crippen LogP contribution in [0, 0.1) is 15.9 Å². The first kappa shape index (κ1) is 23.3. The summed E-state index contributed by atoms with van der Waals surface area (Å²) in [5.41, 5.74) is 0.806. The van der Waals surface area contributed by atoms with Crippen LogP contribution >= 0.6 is 0 Å². The number of carbonyl (C=O) groups excluding carboxylic acids is 2. The van der Waals surface area contributed by atoms with Gasteiger partial charge in [-0.05, 0) is 62.4 Å². The number of nitrogens with one attached hydrogen (secondary N) is 2. The van der Waals surface area contributed by atoms with Crippen LogP contribution in [0.4, 0.5) is 27.3 Å². The molecule has 0 saturated carbocycles. The summed E-state index contributed by atoms with van der Waals surface area (Å²) in [5.74, 6) is -0.914. The second-order valence-corrected chi connectivity index (χ2v) is 6.98. The van der Waals surface area contributed by atoms with Gasteiger partial charge in [-0.15, -0.1) is 0 Å². The summed E-state index contributed by atoms with van der Waals surface area (Å²) >= 11 is 0. The maximum absolute atomic E-state index is 13.1. The number of aromatic nitrogens is 1. The van der Waals surface area contributed by atoms with Gasteiger partial charge in [0.2, 0.25) is 0 Å². The molecule has 0 bridgehead atoms. The van der Waals surface area contributed by atoms with Gasteiger partial charge in [0.1, 0.15) is 17.3 Å². The molecule has 0 fully saturated rings. The van der Waals surface area contributed by atoms with Crippen molar-refractivity contribution in [1.29, 1.82) is 0 Å². The van der Waals surface area contributed by atoms with Crippen molar-refractivity contribution in [2.24, 2.45) is 0 Å². The number of anilines is 3. The molecule has 1 heterocycles. The van der Waals surface area contributed by atoms with Crippen molar-refractivity contribution in [3.63, 3.8) is 0 Å². The van der Waals surface area contributed by atoms with Gasteiger partial charge in [0.05, 0.1) is 10.5 Å². The second kappa shape index (κ2) is 10.3. The molecule has 0 saturated heterocycles. The van der Waals surface area contributed by atoms with Crippen molar-refractivity contribution in [2.45, 2.75) is 13.8 Å². The number of amides is 2. The Labute approximate surface area is 189 Å². The SMILES string of the molecule is CCN(CC)C(=O)c1ccc(NC(=O)c2ccc([N+](=O)[O-])c(Nc3ccc(F)cc3)c2)nc1. The first-order valence-corrected chi connectivity index (χ1v) is 10.2. The minimum absolute atomic E-state index is 0.0763. The number of nitro benzene ring substituents is 1. The first-order chi connectivity index (χ1) is 15.8. The van der Waals surface area contributed by atoms with Gasteiger partial charge in [0.15, 0.2) is 0 Å². The monoisotopic (exact) mass is 451 g/mol. The molecule has 0 unspecified atom stereocenters. The Bertz CT molecular complexity index is 1160. The Morgan fingerprint density at radius 1 is 1.03 bits per heavy atom. The average Bonchev–Trinajstić information content (AvgIpc) is 2.81. The third kappa shape index (κ3) is 5.67. The summed E-state index contributed by atoms with van der Waals surface area (Å²) in [6, 6.07) is 12.2. The van der Waals surface area contributed by atoms with Crippen molar-refractivity contribution in [2.75, 3.05) is 23.7 Å². The van der Waals surface area contributed by atoms with Crippen LogP contribution in [-0.4, -0.2) is 39.7 Å². The molecule has 0 aliphatic carbocycles. The smallest absolute Gasteiger partial charge is 0.292 e. The minimum Gasteiger partial charge on any atom is -0.350 e. The zero-order valence-electron chi connectivity index (χ0n) is 18.0. The lowest BCUT2D eigenvalue weighted by Crippen LogP contribution is -2.30. The molecule has 2 aromatic carbocycles. The molecule has 3 rings (SSSR count). The van der Waals surface area contributed by atoms with Gasteiger partial charge in [-0.3, -0.25) is 19.7 Å². The van der Waals surface area contributed by atoms with E-state index in [9.17, 15) is 24.1 Å². The molecule has 1 aromatic heterocycles. The molecule has 2 amide bonds. The van der Waals surface area contributed by atoms with Crippen molar-refractivity contribution >= 4 is 34.7 Å². The molecule has 0 aliphatic heterocycles. The van der Waals surface area contributed by atoms with E-state index in [1.165, 1.54) is 54.7 Å². The summed E-state index contributed by atoms with van der Waals surface area (Å²) < 4.78 is 13.1. The highest BCUT2D eigenvalue weighted by atomic mass is 19.1. The van der Waals surface area contributed by atoms with Crippen molar-refractivity contribution in [3.05, 3.63) is 87.9 Å². The number of nitrogens with zero attached hydrogens (tertiary/aromatic N) is 3. The largest absolute Gasteiger partial charge is 0.350 e. The normalized spacial score (nSPS) is 10.4. The molecule has 10 heteroatoms. The van der Waals surface area contributed by atoms with E-state index in [1.807, 2.05) is 13.8 Å². The zero-order valence-corrected chi connectivity index (χ0v) is 18.0. The van der Waals surface area contributed by atoms with E-state index < -0.39 is 16.6 Å². The number of halogens is 1. The lowest BCUT2D eigenvalue weighted by atomic mass is 10.1. The summed E-state index contributed by atoms with van der Waals surface area (Å²) in [5, 5.41) is 16.8. The fraction of sp³-hybridized carbons (Fsp3) is 0.174. The molecule has 0 atom stereocenters. The van der Waals surface area contributed by atoms with E-state index >= 15 is 0 Å². The molecular formula is C23H22FN5O4. The highest BCUT2D eigenvalue weighted by Crippen LogP contribution is 2.29. The van der Waals surface area contributed by atoms with E-state index in [1.54, 1.807) is 11.0 Å². The number of pyridine rings is 1. The van der Waals surface area contributed by atoms with Crippen molar-refractivity contribution in [3.8, 4) is 0 Å². The molecule has 170 valence electrons. The summed E-state index contributed by atoms with van der Waals surface area (Å²) in [4.78, 5) is 41.6. The maximum atomic E-state index is 13.1. The summed E-state index contributed by atoms with van der Waals surface area (Å²) in [6.07, 6.45) is 1.38. The Kier molecular flexibility index (Phi) is 7.29. The maximum Gasteiger partial charge on any atom is 0.292 e. The number of hydrogen-bond donors (Lipinski definition) is 2. The van der Waals surface area contributed by atoms with Gasteiger partial charge < -0.3 is 15.5 Å². The highest BCUT2D eigenvalue weighted by Gasteiger charge is 2.18. The van der Waals surface area contributed by atoms with Crippen LogP contribution in [0.2, 0.25) is 0 Å². The van der Waals surface area contributed by atoms with Crippen LogP contribution in [0.25, 0.3) is 0 Å². The van der Waals surface area contributed by atoms with Gasteiger partial charge >= 0.3 is 0 Å². The predicted molar refractivity (Wildman–Crippen MR) is 122 cm³/mol. The fourth-order valence-corrected chi connectivity index (χ4v) is 3.10. The predicted octanol–water partition coefficient (Wildman–Crippen LogP) is 4.61. The van der Waals surface area contributed by atoms with Crippen LogP contribution in [0.1, 0.15) is 34.6 Å². The fourth-order valence-electron chi connectivity index (χ4n) is 3.10. The highest BCUT2D eigenvalue weighted by molar-refractivity contribution is 6.05. The van der Waals surface area contributed by atoms with Gasteiger partial charge in [-0.2, -0.15) is 0 Å². The van der Waals surface area contributed by atoms with Crippen molar-refractivity contribution < 1.29 is 18.9 Å². The number of hydrogen-bond acceptors (Lipinski definition) is 6. The first-order valence-electron chi connectivity index (χ1n) is 10.2. The van der Waals surface area contributed by atoms with E-state index in [4.69, 9.17) is 0 Å². The van der Waals surface area contributed by atoms with E-state index in [2.05, 4.69) is 15.6 Å². The molecule has 2 N–H and O–H groups in total. The third-order valence-electron chi connectivity index (χ3n) is 4.88. The molecule has 0 spiro atoms. The van der Waals surface area contributed by atoms with E-state index in [-0.39, 0.29) is 28.7 Å². The van der Waals surface area contributed by atoms with Crippen LogP contribution in [0.3, 0.4) is 0 Å². The molecule has 0 radical (unpaired) electrons. The number of carbonyl (C=O) groups is 2. The Hall–Kier alpha value is -4.34. The Morgan fingerprint density at radius 3 is 2.27 bits per heavy atom. The summed E-state index contributed by atoms with van der Waals surface area (Å²) in [6.45, 7) is 4.91. The van der Waals surface area contributed by atoms with E-state index in [0.29, 0.717) is 24.3 Å². The van der Waals surface area contributed by atoms with Crippen LogP contribution in [0.15, 0.2) is 60.8 Å². The second-order valence-electron chi connectivity index (χ2n) is 6.98. The zero-order chi connectivity index (χ0) is 24.0. The molecule has 9 nitrogen and oxygen atoms in total. The minimum atomic E-state index is -0.583. The molecule has 0 aliphatic rings. The number of nitro groups is 1. The molecular weight excluding hydrogens is 429 g/mol. The van der Waals surface area contributed by atoms with Gasteiger partial charge in [-0.25, -0.2) is 9.37 Å². The quantitative estimate of drug-likeness (QED) is 0.382. The topological polar surface area (TPSA) is 117 Å². The number of rotatable bonds is 8. The van der Waals surface area contributed by atoms with Gasteiger partial charge in [0, 0.05) is 36.6 Å². The average molecular weight is 451 g/mol. The lowest BCUT2D eigenvalue weighted by molar-refractivity contribution is -0.383. The van der Waals surface area contributed by atoms with Gasteiger partial charge in [0.25, 0.3) is 17.5 Å². The standard InChI is InChI=1S/C23H22FN5O4/c1-3-28(4-2)23(31)16-6-12-21(25-14-16)27-22(30)15-5-11-20(29(32)33)19(13-15)26-18-9-7-17(24)8-10-18/h5-14,26H,3-4H2,1-2H3,(H,25,27,30). The molecule has 3 aromatic rings. The Balaban J connectivity index is 1.78. The van der Waals surface area contributed by atoms with Crippen molar-refractivity contribution in [1.82, 2.24) is 9.88 Å². The Morgan fingerprint density at radius 2 is 1.70 bits per heavy atom. The van der Waals surface area contributed by atoms with Crippen LogP contribution in [0.5, 0.6) is 0 Å². The van der Waals surface area contributed by atoms with Crippen LogP contribution < -0.4 is 10.6 Å². The number of benzene rings is 2. The summed E-state index contributed by atoms with van der Waals surface area (Å²) in [7, 11) is 0. The third-order valence-corrected chi connectivity index (χ3v) is 4.88. The van der Waals surface area contributed by atoms with E-state index in [0.717, 1.165) is 0 Å². The van der Waals surface area contributed by atoms with Crippen LogP contribution in [-0.2, 0) is 0 Å². The van der Waals surface area contributed by atoms with Gasteiger partial charge in [-0.1, -0.05) is 0 Å².